The Kier molecular flexibility index (Phi) is 4.02. The van der Waals surface area contributed by atoms with E-state index in [0.29, 0.717) is 0 Å². The van der Waals surface area contributed by atoms with E-state index >= 15 is 0 Å². The van der Waals surface area contributed by atoms with Gasteiger partial charge < -0.3 is 10.4 Å². The Morgan fingerprint density at radius 2 is 2.26 bits per heavy atom. The van der Waals surface area contributed by atoms with Crippen LogP contribution in [0.5, 0.6) is 5.88 Å². The van der Waals surface area contributed by atoms with Gasteiger partial charge in [0.25, 0.3) is 11.9 Å². The summed E-state index contributed by atoms with van der Waals surface area (Å²) in [6, 6.07) is 1.44. The summed E-state index contributed by atoms with van der Waals surface area (Å²) in [7, 11) is 0. The van der Waals surface area contributed by atoms with E-state index in [9.17, 15) is 9.90 Å². The van der Waals surface area contributed by atoms with Crippen LogP contribution < -0.4 is 5.32 Å². The molecule has 0 fully saturated rings. The van der Waals surface area contributed by atoms with Crippen LogP contribution >= 0.6 is 11.3 Å². The number of nitrogens with zero attached hydrogens (tertiary/aromatic N) is 5. The molecule has 9 heteroatoms. The normalized spacial score (nSPS) is 12.1. The number of carbonyl (C=O) groups excluding carboxylic acids is 1. The van der Waals surface area contributed by atoms with E-state index in [-0.39, 0.29) is 17.6 Å². The molecular formula is C14H14N6O2S. The number of aromatic nitrogens is 5. The Morgan fingerprint density at radius 1 is 1.43 bits per heavy atom. The zero-order valence-corrected chi connectivity index (χ0v) is 13.3. The number of amides is 1. The molecule has 0 saturated carbocycles. The first-order chi connectivity index (χ1) is 11.0. The van der Waals surface area contributed by atoms with Crippen LogP contribution in [0.2, 0.25) is 0 Å². The molecule has 0 aromatic carbocycles. The van der Waals surface area contributed by atoms with Crippen molar-refractivity contribution in [2.75, 3.05) is 0 Å². The van der Waals surface area contributed by atoms with Gasteiger partial charge in [-0.2, -0.15) is 10.1 Å². The molecule has 1 amide bonds. The van der Waals surface area contributed by atoms with Gasteiger partial charge in [-0.3, -0.25) is 4.79 Å². The number of hydrogen-bond acceptors (Lipinski definition) is 7. The number of nitrogens with one attached hydrogen (secondary N) is 1. The van der Waals surface area contributed by atoms with Crippen LogP contribution in [0, 0.1) is 6.92 Å². The standard InChI is InChI=1S/C14H14N6O2S/c1-8-7-23-13(17-8)9(2)18-11(21)10-6-15-14(19-12(10)22)20-5-3-4-16-20/h3-7,9H,1-2H3,(H,18,21)(H,15,19,22). The van der Waals surface area contributed by atoms with E-state index in [4.69, 9.17) is 0 Å². The number of carbonyl (C=O) groups is 1. The minimum absolute atomic E-state index is 0.000958. The van der Waals surface area contributed by atoms with Crippen molar-refractivity contribution in [1.29, 1.82) is 0 Å². The lowest BCUT2D eigenvalue weighted by molar-refractivity contribution is 0.0936. The Labute approximate surface area is 135 Å². The highest BCUT2D eigenvalue weighted by atomic mass is 32.1. The van der Waals surface area contributed by atoms with Crippen molar-refractivity contribution in [3.8, 4) is 11.8 Å². The maximum atomic E-state index is 12.3. The Balaban J connectivity index is 1.77. The molecular weight excluding hydrogens is 316 g/mol. The average molecular weight is 330 g/mol. The van der Waals surface area contributed by atoms with Crippen molar-refractivity contribution in [2.45, 2.75) is 19.9 Å². The van der Waals surface area contributed by atoms with Gasteiger partial charge in [-0.05, 0) is 19.9 Å². The van der Waals surface area contributed by atoms with Crippen LogP contribution in [0.3, 0.4) is 0 Å². The molecule has 3 rings (SSSR count). The maximum absolute atomic E-state index is 12.3. The van der Waals surface area contributed by atoms with E-state index in [1.165, 1.54) is 22.2 Å². The molecule has 0 aliphatic heterocycles. The zero-order valence-electron chi connectivity index (χ0n) is 12.5. The number of thiazole rings is 1. The quantitative estimate of drug-likeness (QED) is 0.753. The minimum Gasteiger partial charge on any atom is -0.493 e. The predicted molar refractivity (Wildman–Crippen MR) is 83.6 cm³/mol. The van der Waals surface area contributed by atoms with E-state index < -0.39 is 11.8 Å². The van der Waals surface area contributed by atoms with Crippen molar-refractivity contribution >= 4 is 17.2 Å². The van der Waals surface area contributed by atoms with Gasteiger partial charge in [0.15, 0.2) is 0 Å². The fraction of sp³-hybridized carbons (Fsp3) is 0.214. The highest BCUT2D eigenvalue weighted by molar-refractivity contribution is 7.09. The first-order valence-electron chi connectivity index (χ1n) is 6.83. The number of hydrogen-bond donors (Lipinski definition) is 2. The summed E-state index contributed by atoms with van der Waals surface area (Å²) in [5, 5.41) is 19.4. The summed E-state index contributed by atoms with van der Waals surface area (Å²) in [4.78, 5) is 24.5. The van der Waals surface area contributed by atoms with E-state index in [1.54, 1.807) is 18.5 Å². The monoisotopic (exact) mass is 330 g/mol. The second-order valence-corrected chi connectivity index (χ2v) is 5.77. The molecule has 0 saturated heterocycles. The van der Waals surface area contributed by atoms with Gasteiger partial charge in [0, 0.05) is 29.7 Å². The van der Waals surface area contributed by atoms with Gasteiger partial charge in [0.1, 0.15) is 10.6 Å². The van der Waals surface area contributed by atoms with Crippen LogP contribution in [0.4, 0.5) is 0 Å². The van der Waals surface area contributed by atoms with E-state index in [0.717, 1.165) is 10.7 Å². The van der Waals surface area contributed by atoms with Crippen molar-refractivity contribution in [1.82, 2.24) is 30.0 Å². The smallest absolute Gasteiger partial charge is 0.258 e. The molecule has 8 nitrogen and oxygen atoms in total. The topological polar surface area (TPSA) is 106 Å². The first kappa shape index (κ1) is 15.1. The van der Waals surface area contributed by atoms with Crippen molar-refractivity contribution in [3.05, 3.63) is 46.3 Å². The third-order valence-electron chi connectivity index (χ3n) is 3.06. The van der Waals surface area contributed by atoms with E-state index in [1.807, 2.05) is 19.2 Å². The van der Waals surface area contributed by atoms with Crippen LogP contribution in [0.1, 0.15) is 34.0 Å². The second kappa shape index (κ2) is 6.13. The van der Waals surface area contributed by atoms with Gasteiger partial charge in [0.05, 0.1) is 6.04 Å². The molecule has 1 unspecified atom stereocenters. The van der Waals surface area contributed by atoms with Crippen molar-refractivity contribution < 1.29 is 9.90 Å². The molecule has 3 aromatic heterocycles. The lowest BCUT2D eigenvalue weighted by Crippen LogP contribution is -2.27. The number of rotatable bonds is 4. The van der Waals surface area contributed by atoms with Gasteiger partial charge in [-0.25, -0.2) is 14.6 Å². The fourth-order valence-corrected chi connectivity index (χ4v) is 2.73. The molecule has 0 bridgehead atoms. The number of aryl methyl sites for hydroxylation is 1. The summed E-state index contributed by atoms with van der Waals surface area (Å²) in [6.45, 7) is 3.72. The minimum atomic E-state index is -0.463. The lowest BCUT2D eigenvalue weighted by atomic mass is 10.2. The third kappa shape index (κ3) is 3.19. The Morgan fingerprint density at radius 3 is 2.87 bits per heavy atom. The predicted octanol–water partition coefficient (Wildman–Crippen LogP) is 1.62. The second-order valence-electron chi connectivity index (χ2n) is 4.88. The molecule has 2 N–H and O–H groups in total. The molecule has 0 radical (unpaired) electrons. The summed E-state index contributed by atoms with van der Waals surface area (Å²) in [5.41, 5.74) is 0.905. The first-order valence-corrected chi connectivity index (χ1v) is 7.71. The fourth-order valence-electron chi connectivity index (χ4n) is 1.93. The van der Waals surface area contributed by atoms with Crippen LogP contribution in [0.15, 0.2) is 30.0 Å². The maximum Gasteiger partial charge on any atom is 0.258 e. The molecule has 1 atom stereocenters. The molecule has 23 heavy (non-hydrogen) atoms. The molecule has 3 aromatic rings. The van der Waals surface area contributed by atoms with Crippen LogP contribution in [0.25, 0.3) is 5.95 Å². The van der Waals surface area contributed by atoms with Crippen LogP contribution in [-0.2, 0) is 0 Å². The molecule has 0 aliphatic carbocycles. The van der Waals surface area contributed by atoms with Gasteiger partial charge >= 0.3 is 0 Å². The lowest BCUT2D eigenvalue weighted by Gasteiger charge is -2.11. The number of aromatic hydroxyl groups is 1. The van der Waals surface area contributed by atoms with Gasteiger partial charge in [-0.15, -0.1) is 11.3 Å². The third-order valence-corrected chi connectivity index (χ3v) is 4.21. The average Bonchev–Trinajstić information content (AvgIpc) is 3.18. The largest absolute Gasteiger partial charge is 0.493 e. The molecule has 0 spiro atoms. The summed E-state index contributed by atoms with van der Waals surface area (Å²) in [6.07, 6.45) is 4.48. The molecule has 118 valence electrons. The Bertz CT molecular complexity index is 830. The Hall–Kier alpha value is -2.81. The zero-order chi connectivity index (χ0) is 16.4. The SMILES string of the molecule is Cc1csc(C(C)NC(=O)c2cnc(-n3cccn3)nc2O)n1. The molecule has 0 aliphatic rings. The van der Waals surface area contributed by atoms with E-state index in [2.05, 4.69) is 25.4 Å². The molecule has 3 heterocycles. The summed E-state index contributed by atoms with van der Waals surface area (Å²) in [5.74, 6) is -0.673. The van der Waals surface area contributed by atoms with Crippen molar-refractivity contribution in [3.63, 3.8) is 0 Å². The summed E-state index contributed by atoms with van der Waals surface area (Å²) >= 11 is 1.47. The van der Waals surface area contributed by atoms with Gasteiger partial charge in [0.2, 0.25) is 5.88 Å². The van der Waals surface area contributed by atoms with Crippen LogP contribution in [-0.4, -0.2) is 35.7 Å². The summed E-state index contributed by atoms with van der Waals surface area (Å²) < 4.78 is 1.39. The highest BCUT2D eigenvalue weighted by Gasteiger charge is 2.19. The van der Waals surface area contributed by atoms with Crippen molar-refractivity contribution in [2.24, 2.45) is 0 Å². The highest BCUT2D eigenvalue weighted by Crippen LogP contribution is 2.19. The van der Waals surface area contributed by atoms with Gasteiger partial charge in [-0.1, -0.05) is 0 Å².